The van der Waals surface area contributed by atoms with E-state index in [2.05, 4.69) is 22.9 Å². The minimum absolute atomic E-state index is 0.0391. The van der Waals surface area contributed by atoms with E-state index in [0.29, 0.717) is 12.2 Å². The molecule has 0 unspecified atom stereocenters. The van der Waals surface area contributed by atoms with Crippen LogP contribution in [0.2, 0.25) is 0 Å². The lowest BCUT2D eigenvalue weighted by Crippen LogP contribution is -2.51. The van der Waals surface area contributed by atoms with Crippen LogP contribution in [-0.2, 0) is 0 Å². The Bertz CT molecular complexity index is 563. The van der Waals surface area contributed by atoms with Crippen LogP contribution in [0.1, 0.15) is 70.3 Å². The van der Waals surface area contributed by atoms with Gasteiger partial charge in [-0.2, -0.15) is 0 Å². The van der Waals surface area contributed by atoms with Crippen molar-refractivity contribution in [2.75, 3.05) is 13.7 Å². The van der Waals surface area contributed by atoms with E-state index in [1.807, 2.05) is 19.1 Å². The van der Waals surface area contributed by atoms with Gasteiger partial charge in [-0.25, -0.2) is 0 Å². The molecule has 1 aromatic rings. The molecular weight excluding hydrogens is 384 g/mol. The molecule has 0 spiro atoms. The monoisotopic (exact) mass is 414 g/mol. The average molecular weight is 415 g/mol. The highest BCUT2D eigenvalue weighted by Gasteiger charge is 2.45. The average Bonchev–Trinajstić information content (AvgIpc) is 2.59. The smallest absolute Gasteiger partial charge is 0.136 e. The van der Waals surface area contributed by atoms with Gasteiger partial charge in [0.2, 0.25) is 0 Å². The molecule has 142 valence electrons. The molecule has 3 atom stereocenters. The summed E-state index contributed by atoms with van der Waals surface area (Å²) in [7, 11) is 1.63. The molecule has 1 aliphatic heterocycles. The van der Waals surface area contributed by atoms with Gasteiger partial charge < -0.3 is 19.7 Å². The van der Waals surface area contributed by atoms with Crippen LogP contribution in [0, 0.1) is 0 Å². The van der Waals surface area contributed by atoms with Crippen molar-refractivity contribution in [3.8, 4) is 11.5 Å². The van der Waals surface area contributed by atoms with Crippen LogP contribution in [0.4, 0.5) is 0 Å². The second-order valence-corrected chi connectivity index (χ2v) is 8.02. The molecule has 4 nitrogen and oxygen atoms in total. The van der Waals surface area contributed by atoms with Crippen LogP contribution in [0.3, 0.4) is 0 Å². The maximum atomic E-state index is 11.0. The SMILES string of the molecule is CCCCCCC[C@@]1(C)Oc2cc(OC)c(Br)cc2[C@@H](CCO)[C@@H]1O. The molecule has 1 aromatic carbocycles. The number of fused-ring (bicyclic) bond motifs is 1. The van der Waals surface area contributed by atoms with E-state index in [9.17, 15) is 10.2 Å². The first-order valence-electron chi connectivity index (χ1n) is 9.32. The van der Waals surface area contributed by atoms with Gasteiger partial charge in [0.25, 0.3) is 0 Å². The lowest BCUT2D eigenvalue weighted by Gasteiger charge is -2.44. The van der Waals surface area contributed by atoms with Crippen molar-refractivity contribution in [3.63, 3.8) is 0 Å². The predicted octanol–water partition coefficient (Wildman–Crippen LogP) is 4.80. The van der Waals surface area contributed by atoms with E-state index in [4.69, 9.17) is 9.47 Å². The fourth-order valence-electron chi connectivity index (χ4n) is 3.72. The second-order valence-electron chi connectivity index (χ2n) is 7.17. The van der Waals surface area contributed by atoms with Crippen molar-refractivity contribution in [1.82, 2.24) is 0 Å². The van der Waals surface area contributed by atoms with Gasteiger partial charge in [-0.15, -0.1) is 0 Å². The predicted molar refractivity (Wildman–Crippen MR) is 104 cm³/mol. The number of hydrogen-bond donors (Lipinski definition) is 2. The Morgan fingerprint density at radius 1 is 1.24 bits per heavy atom. The summed E-state index contributed by atoms with van der Waals surface area (Å²) >= 11 is 3.50. The Hall–Kier alpha value is -0.780. The Labute approximate surface area is 159 Å². The summed E-state index contributed by atoms with van der Waals surface area (Å²) in [5.41, 5.74) is 0.287. The van der Waals surface area contributed by atoms with E-state index < -0.39 is 11.7 Å². The zero-order valence-electron chi connectivity index (χ0n) is 15.6. The van der Waals surface area contributed by atoms with Gasteiger partial charge >= 0.3 is 0 Å². The zero-order valence-corrected chi connectivity index (χ0v) is 17.1. The number of hydrogen-bond acceptors (Lipinski definition) is 4. The minimum Gasteiger partial charge on any atom is -0.495 e. The number of aliphatic hydroxyl groups excluding tert-OH is 2. The van der Waals surface area contributed by atoms with Crippen molar-refractivity contribution < 1.29 is 19.7 Å². The largest absolute Gasteiger partial charge is 0.495 e. The number of unbranched alkanes of at least 4 members (excludes halogenated alkanes) is 4. The van der Waals surface area contributed by atoms with Gasteiger partial charge in [0.15, 0.2) is 0 Å². The Kier molecular flexibility index (Phi) is 7.59. The Morgan fingerprint density at radius 3 is 2.60 bits per heavy atom. The fraction of sp³-hybridized carbons (Fsp3) is 0.700. The van der Waals surface area contributed by atoms with Crippen LogP contribution < -0.4 is 9.47 Å². The number of aliphatic hydroxyl groups is 2. The molecule has 5 heteroatoms. The van der Waals surface area contributed by atoms with Crippen molar-refractivity contribution in [1.29, 1.82) is 0 Å². The first kappa shape index (κ1) is 20.5. The van der Waals surface area contributed by atoms with Crippen LogP contribution in [0.15, 0.2) is 16.6 Å². The summed E-state index contributed by atoms with van der Waals surface area (Å²) in [6.07, 6.45) is 6.56. The molecule has 0 amide bonds. The molecule has 0 bridgehead atoms. The van der Waals surface area contributed by atoms with E-state index in [0.717, 1.165) is 35.0 Å². The fourth-order valence-corrected chi connectivity index (χ4v) is 4.25. The van der Waals surface area contributed by atoms with Crippen LogP contribution in [-0.4, -0.2) is 35.6 Å². The summed E-state index contributed by atoms with van der Waals surface area (Å²) in [6.45, 7) is 4.23. The number of rotatable bonds is 9. The first-order chi connectivity index (χ1) is 12.0. The van der Waals surface area contributed by atoms with Crippen LogP contribution >= 0.6 is 15.9 Å². The van der Waals surface area contributed by atoms with Crippen molar-refractivity contribution in [3.05, 3.63) is 22.2 Å². The quantitative estimate of drug-likeness (QED) is 0.569. The molecule has 25 heavy (non-hydrogen) atoms. The summed E-state index contributed by atoms with van der Waals surface area (Å²) in [6, 6.07) is 3.82. The maximum Gasteiger partial charge on any atom is 0.136 e. The Morgan fingerprint density at radius 2 is 1.96 bits per heavy atom. The van der Waals surface area contributed by atoms with Gasteiger partial charge in [-0.05, 0) is 48.2 Å². The summed E-state index contributed by atoms with van der Waals surface area (Å²) in [5, 5.41) is 20.5. The number of halogens is 1. The number of ether oxygens (including phenoxy) is 2. The molecule has 0 saturated heterocycles. The topological polar surface area (TPSA) is 58.9 Å². The number of methoxy groups -OCH3 is 1. The van der Waals surface area contributed by atoms with Crippen LogP contribution in [0.5, 0.6) is 11.5 Å². The highest BCUT2D eigenvalue weighted by Crippen LogP contribution is 2.47. The highest BCUT2D eigenvalue weighted by molar-refractivity contribution is 9.10. The molecule has 1 heterocycles. The van der Waals surface area contributed by atoms with Gasteiger partial charge in [-0.1, -0.05) is 32.6 Å². The minimum atomic E-state index is -0.641. The third-order valence-electron chi connectivity index (χ3n) is 5.25. The summed E-state index contributed by atoms with van der Waals surface area (Å²) in [4.78, 5) is 0. The molecule has 2 rings (SSSR count). The van der Waals surface area contributed by atoms with E-state index in [1.54, 1.807) is 7.11 Å². The molecule has 0 radical (unpaired) electrons. The molecule has 2 N–H and O–H groups in total. The van der Waals surface area contributed by atoms with Gasteiger partial charge in [-0.3, -0.25) is 0 Å². The van der Waals surface area contributed by atoms with E-state index in [1.165, 1.54) is 19.3 Å². The zero-order chi connectivity index (χ0) is 18.4. The Balaban J connectivity index is 2.23. The first-order valence-corrected chi connectivity index (χ1v) is 10.1. The lowest BCUT2D eigenvalue weighted by molar-refractivity contribution is -0.0794. The van der Waals surface area contributed by atoms with Gasteiger partial charge in [0, 0.05) is 24.2 Å². The van der Waals surface area contributed by atoms with E-state index >= 15 is 0 Å². The van der Waals surface area contributed by atoms with Crippen molar-refractivity contribution >= 4 is 15.9 Å². The van der Waals surface area contributed by atoms with Crippen molar-refractivity contribution in [2.45, 2.75) is 76.4 Å². The summed E-state index contributed by atoms with van der Waals surface area (Å²) in [5.74, 6) is 1.32. The maximum absolute atomic E-state index is 11.0. The van der Waals surface area contributed by atoms with Crippen LogP contribution in [0.25, 0.3) is 0 Å². The standard InChI is InChI=1S/C20H31BrO4/c1-4-5-6-7-8-10-20(2)19(23)14(9-11-22)15-12-16(21)18(24-3)13-17(15)25-20/h12-14,19,22-23H,4-11H2,1-3H3/t14-,19+,20-/m1/s1. The van der Waals surface area contributed by atoms with Gasteiger partial charge in [0.1, 0.15) is 23.2 Å². The highest BCUT2D eigenvalue weighted by atomic mass is 79.9. The molecule has 0 fully saturated rings. The molecule has 0 aliphatic carbocycles. The molecule has 1 aliphatic rings. The third-order valence-corrected chi connectivity index (χ3v) is 5.87. The van der Waals surface area contributed by atoms with Crippen molar-refractivity contribution in [2.24, 2.45) is 0 Å². The second kappa shape index (κ2) is 9.24. The van der Waals surface area contributed by atoms with E-state index in [-0.39, 0.29) is 12.5 Å². The molecule has 0 saturated carbocycles. The lowest BCUT2D eigenvalue weighted by atomic mass is 9.76. The molecular formula is C20H31BrO4. The van der Waals surface area contributed by atoms with Gasteiger partial charge in [0.05, 0.1) is 11.6 Å². The summed E-state index contributed by atoms with van der Waals surface area (Å²) < 4.78 is 12.5. The number of benzene rings is 1. The normalized spacial score (nSPS) is 25.4. The molecule has 0 aromatic heterocycles. The third kappa shape index (κ3) is 4.69.